The number of rotatable bonds is 8. The number of nitrogens with one attached hydrogen (secondary N) is 1. The molecule has 0 radical (unpaired) electrons. The molecule has 13 heteroatoms. The predicted molar refractivity (Wildman–Crippen MR) is 110 cm³/mol. The second kappa shape index (κ2) is 9.04. The number of carbonyl (C=O) groups excluding carboxylic acids is 1. The lowest BCUT2D eigenvalue weighted by Gasteiger charge is -2.07. The van der Waals surface area contributed by atoms with E-state index in [4.69, 9.17) is 0 Å². The fraction of sp³-hybridized carbons (Fsp3) is 0.278. The monoisotopic (exact) mass is 443 g/mol. The molecule has 0 atom stereocenters. The summed E-state index contributed by atoms with van der Waals surface area (Å²) in [4.78, 5) is 29.1. The SMILES string of the molecule is Cn1nnnc1SCC(=O)NCCn1ncc2c(=O)n(Cc3cccc(F)c3)cnc21. The van der Waals surface area contributed by atoms with Gasteiger partial charge in [0, 0.05) is 13.6 Å². The van der Waals surface area contributed by atoms with Crippen molar-refractivity contribution in [3.63, 3.8) is 0 Å². The minimum atomic E-state index is -0.360. The van der Waals surface area contributed by atoms with Crippen LogP contribution in [0.2, 0.25) is 0 Å². The number of halogens is 1. The van der Waals surface area contributed by atoms with Crippen LogP contribution < -0.4 is 10.9 Å². The lowest BCUT2D eigenvalue weighted by Crippen LogP contribution is -2.29. The van der Waals surface area contributed by atoms with E-state index in [1.54, 1.807) is 23.9 Å². The van der Waals surface area contributed by atoms with Crippen LogP contribution in [0.15, 0.2) is 46.7 Å². The van der Waals surface area contributed by atoms with Crippen LogP contribution in [0.1, 0.15) is 5.56 Å². The van der Waals surface area contributed by atoms with Gasteiger partial charge in [-0.1, -0.05) is 23.9 Å². The molecule has 4 rings (SSSR count). The molecular formula is C18H18FN9O2S. The van der Waals surface area contributed by atoms with Crippen molar-refractivity contribution < 1.29 is 9.18 Å². The first kappa shape index (κ1) is 20.7. The van der Waals surface area contributed by atoms with Crippen LogP contribution in [0, 0.1) is 5.82 Å². The van der Waals surface area contributed by atoms with E-state index in [9.17, 15) is 14.0 Å². The van der Waals surface area contributed by atoms with Crippen LogP contribution in [-0.4, -0.2) is 57.7 Å². The molecule has 3 heterocycles. The Morgan fingerprint density at radius 1 is 1.32 bits per heavy atom. The number of amides is 1. The molecule has 0 bridgehead atoms. The third-order valence-corrected chi connectivity index (χ3v) is 5.43. The number of nitrogens with zero attached hydrogens (tertiary/aromatic N) is 8. The normalized spacial score (nSPS) is 11.2. The second-order valence-corrected chi connectivity index (χ2v) is 7.58. The van der Waals surface area contributed by atoms with E-state index in [0.717, 1.165) is 0 Å². The summed E-state index contributed by atoms with van der Waals surface area (Å²) in [5.74, 6) is -0.354. The van der Waals surface area contributed by atoms with Crippen LogP contribution in [-0.2, 0) is 24.9 Å². The molecule has 0 aliphatic rings. The number of aryl methyl sites for hydroxylation is 1. The average molecular weight is 443 g/mol. The highest BCUT2D eigenvalue weighted by atomic mass is 32.2. The number of tetrazole rings is 1. The van der Waals surface area contributed by atoms with Crippen molar-refractivity contribution in [1.29, 1.82) is 0 Å². The standard InChI is InChI=1S/C18H18FN9O2S/c1-26-18(23-24-25-26)31-10-15(29)20-5-6-28-16-14(8-22-28)17(30)27(11-21-16)9-12-3-2-4-13(19)7-12/h2-4,7-8,11H,5-6,9-10H2,1H3,(H,20,29). The van der Waals surface area contributed by atoms with Crippen molar-refractivity contribution >= 4 is 28.7 Å². The predicted octanol–water partition coefficient (Wildman–Crippen LogP) is 0.212. The zero-order valence-electron chi connectivity index (χ0n) is 16.5. The van der Waals surface area contributed by atoms with Crippen molar-refractivity contribution in [3.05, 3.63) is 58.5 Å². The van der Waals surface area contributed by atoms with E-state index >= 15 is 0 Å². The van der Waals surface area contributed by atoms with Gasteiger partial charge in [0.15, 0.2) is 5.65 Å². The molecule has 0 aliphatic heterocycles. The van der Waals surface area contributed by atoms with Gasteiger partial charge in [-0.25, -0.2) is 18.7 Å². The van der Waals surface area contributed by atoms with Gasteiger partial charge in [0.05, 0.1) is 25.0 Å². The second-order valence-electron chi connectivity index (χ2n) is 6.64. The molecule has 1 amide bonds. The molecule has 11 nitrogen and oxygen atoms in total. The highest BCUT2D eigenvalue weighted by Crippen LogP contribution is 2.11. The zero-order chi connectivity index (χ0) is 21.8. The first-order chi connectivity index (χ1) is 15.0. The van der Waals surface area contributed by atoms with Gasteiger partial charge in [0.2, 0.25) is 11.1 Å². The first-order valence-corrected chi connectivity index (χ1v) is 10.3. The van der Waals surface area contributed by atoms with Gasteiger partial charge in [-0.3, -0.25) is 14.2 Å². The maximum Gasteiger partial charge on any atom is 0.264 e. The minimum Gasteiger partial charge on any atom is -0.354 e. The maximum atomic E-state index is 13.4. The van der Waals surface area contributed by atoms with Crippen molar-refractivity contribution in [2.75, 3.05) is 12.3 Å². The van der Waals surface area contributed by atoms with Gasteiger partial charge in [-0.05, 0) is 28.1 Å². The quantitative estimate of drug-likeness (QED) is 0.383. The zero-order valence-corrected chi connectivity index (χ0v) is 17.3. The Morgan fingerprint density at radius 2 is 2.19 bits per heavy atom. The topological polar surface area (TPSA) is 125 Å². The summed E-state index contributed by atoms with van der Waals surface area (Å²) in [5, 5.41) is 18.9. The summed E-state index contributed by atoms with van der Waals surface area (Å²) in [5.41, 5.74) is 0.820. The molecule has 31 heavy (non-hydrogen) atoms. The van der Waals surface area contributed by atoms with Crippen molar-refractivity contribution in [2.24, 2.45) is 7.05 Å². The summed E-state index contributed by atoms with van der Waals surface area (Å²) in [6, 6.07) is 6.06. The molecule has 1 N–H and O–H groups in total. The Balaban J connectivity index is 1.36. The Bertz CT molecular complexity index is 1280. The van der Waals surface area contributed by atoms with Crippen molar-refractivity contribution in [1.82, 2.24) is 44.9 Å². The lowest BCUT2D eigenvalue weighted by molar-refractivity contribution is -0.118. The minimum absolute atomic E-state index is 0.171. The van der Waals surface area contributed by atoms with Crippen LogP contribution in [0.4, 0.5) is 4.39 Å². The Hall–Kier alpha value is -3.61. The third-order valence-electron chi connectivity index (χ3n) is 4.42. The molecule has 160 valence electrons. The van der Waals surface area contributed by atoms with Gasteiger partial charge in [0.1, 0.15) is 17.5 Å². The first-order valence-electron chi connectivity index (χ1n) is 9.28. The van der Waals surface area contributed by atoms with Gasteiger partial charge >= 0.3 is 0 Å². The van der Waals surface area contributed by atoms with Gasteiger partial charge in [-0.15, -0.1) is 5.10 Å². The molecule has 0 aliphatic carbocycles. The van der Waals surface area contributed by atoms with Crippen molar-refractivity contribution in [3.8, 4) is 0 Å². The molecule has 0 fully saturated rings. The highest BCUT2D eigenvalue weighted by Gasteiger charge is 2.12. The summed E-state index contributed by atoms with van der Waals surface area (Å²) in [7, 11) is 1.70. The molecule has 3 aromatic heterocycles. The van der Waals surface area contributed by atoms with Gasteiger partial charge < -0.3 is 5.32 Å². The van der Waals surface area contributed by atoms with Gasteiger partial charge in [0.25, 0.3) is 5.56 Å². The largest absolute Gasteiger partial charge is 0.354 e. The number of thioether (sulfide) groups is 1. The summed E-state index contributed by atoms with van der Waals surface area (Å²) in [6.07, 6.45) is 2.86. The van der Waals surface area contributed by atoms with Crippen molar-refractivity contribution in [2.45, 2.75) is 18.2 Å². The lowest BCUT2D eigenvalue weighted by atomic mass is 10.2. The van der Waals surface area contributed by atoms with Crippen LogP contribution in [0.5, 0.6) is 0 Å². The number of carbonyl (C=O) groups is 1. The highest BCUT2D eigenvalue weighted by molar-refractivity contribution is 7.99. The van der Waals surface area contributed by atoms with E-state index in [0.29, 0.717) is 34.8 Å². The van der Waals surface area contributed by atoms with Gasteiger partial charge in [-0.2, -0.15) is 5.10 Å². The smallest absolute Gasteiger partial charge is 0.264 e. The summed E-state index contributed by atoms with van der Waals surface area (Å²) < 4.78 is 17.8. The number of benzene rings is 1. The number of aromatic nitrogens is 8. The third kappa shape index (κ3) is 4.77. The summed E-state index contributed by atoms with van der Waals surface area (Å²) in [6.45, 7) is 0.881. The van der Waals surface area contributed by atoms with E-state index in [1.165, 1.54) is 45.7 Å². The Kier molecular flexibility index (Phi) is 6.02. The van der Waals surface area contributed by atoms with Crippen LogP contribution in [0.3, 0.4) is 0 Å². The molecular weight excluding hydrogens is 425 g/mol. The molecule has 0 saturated carbocycles. The maximum absolute atomic E-state index is 13.4. The fourth-order valence-electron chi connectivity index (χ4n) is 2.93. The Labute approximate surface area is 179 Å². The molecule has 1 aromatic carbocycles. The number of hydrogen-bond acceptors (Lipinski definition) is 8. The van der Waals surface area contributed by atoms with Crippen LogP contribution in [0.25, 0.3) is 11.0 Å². The van der Waals surface area contributed by atoms with Crippen LogP contribution >= 0.6 is 11.8 Å². The summed E-state index contributed by atoms with van der Waals surface area (Å²) >= 11 is 1.23. The number of hydrogen-bond donors (Lipinski definition) is 1. The molecule has 0 saturated heterocycles. The average Bonchev–Trinajstić information content (AvgIpc) is 3.35. The molecule has 4 aromatic rings. The van der Waals surface area contributed by atoms with E-state index in [1.807, 2.05) is 0 Å². The van der Waals surface area contributed by atoms with E-state index < -0.39 is 0 Å². The number of fused-ring (bicyclic) bond motifs is 1. The molecule has 0 spiro atoms. The molecule has 0 unspecified atom stereocenters. The van der Waals surface area contributed by atoms with E-state index in [-0.39, 0.29) is 29.6 Å². The fourth-order valence-corrected chi connectivity index (χ4v) is 3.61. The van der Waals surface area contributed by atoms with E-state index in [2.05, 4.69) is 30.9 Å². The Morgan fingerprint density at radius 3 is 2.97 bits per heavy atom.